The lowest BCUT2D eigenvalue weighted by molar-refractivity contribution is 0.102. The number of benzene rings is 1. The normalized spacial score (nSPS) is 11.1. The maximum atomic E-state index is 11.9. The van der Waals surface area contributed by atoms with E-state index < -0.39 is 0 Å². The van der Waals surface area contributed by atoms with Crippen LogP contribution in [-0.4, -0.2) is 5.78 Å². The number of furan rings is 2. The van der Waals surface area contributed by atoms with Crippen molar-refractivity contribution in [3.63, 3.8) is 0 Å². The Labute approximate surface area is 122 Å². The summed E-state index contributed by atoms with van der Waals surface area (Å²) < 4.78 is 11.0. The number of carbonyl (C=O) groups excluding carboxylic acids is 1. The minimum atomic E-state index is -0.180. The summed E-state index contributed by atoms with van der Waals surface area (Å²) in [6.07, 6.45) is 3.10. The molecule has 3 aromatic rings. The van der Waals surface area contributed by atoms with Crippen LogP contribution in [-0.2, 0) is 0 Å². The van der Waals surface area contributed by atoms with Gasteiger partial charge in [0.1, 0.15) is 17.3 Å². The van der Waals surface area contributed by atoms with Gasteiger partial charge in [-0.15, -0.1) is 0 Å². The monoisotopic (exact) mass is 278 g/mol. The van der Waals surface area contributed by atoms with Crippen LogP contribution in [0.5, 0.6) is 0 Å². The summed E-state index contributed by atoms with van der Waals surface area (Å²) >= 11 is 0. The molecule has 0 spiro atoms. The lowest BCUT2D eigenvalue weighted by Crippen LogP contribution is -1.90. The Morgan fingerprint density at radius 2 is 1.76 bits per heavy atom. The zero-order chi connectivity index (χ0) is 14.7. The standard InChI is InChI=1S/C18H14O3/c1-13-7-11-18(20-13)16(19)10-8-15-9-12-17(21-15)14-5-3-2-4-6-14/h2-12H,1H3/b10-8+. The van der Waals surface area contributed by atoms with Crippen LogP contribution in [0.2, 0.25) is 0 Å². The molecular formula is C18H14O3. The van der Waals surface area contributed by atoms with Gasteiger partial charge in [-0.25, -0.2) is 0 Å². The molecule has 0 aliphatic rings. The van der Waals surface area contributed by atoms with E-state index in [1.807, 2.05) is 42.5 Å². The molecule has 1 aromatic carbocycles. The minimum absolute atomic E-state index is 0.180. The van der Waals surface area contributed by atoms with Gasteiger partial charge >= 0.3 is 0 Å². The highest BCUT2D eigenvalue weighted by Gasteiger charge is 2.07. The van der Waals surface area contributed by atoms with Crippen LogP contribution in [0.1, 0.15) is 22.1 Å². The molecule has 104 valence electrons. The number of allylic oxidation sites excluding steroid dienone is 1. The van der Waals surface area contributed by atoms with Gasteiger partial charge in [0.25, 0.3) is 0 Å². The van der Waals surface area contributed by atoms with E-state index in [-0.39, 0.29) is 5.78 Å². The second kappa shape index (κ2) is 5.67. The molecule has 0 fully saturated rings. The summed E-state index contributed by atoms with van der Waals surface area (Å²) in [5.41, 5.74) is 1.00. The van der Waals surface area contributed by atoms with Crippen molar-refractivity contribution in [3.8, 4) is 11.3 Å². The molecule has 0 radical (unpaired) electrons. The molecule has 0 saturated heterocycles. The number of rotatable bonds is 4. The van der Waals surface area contributed by atoms with Gasteiger partial charge in [-0.1, -0.05) is 30.3 Å². The van der Waals surface area contributed by atoms with Crippen LogP contribution in [0, 0.1) is 6.92 Å². The third-order valence-electron chi connectivity index (χ3n) is 3.07. The predicted octanol–water partition coefficient (Wildman–Crippen LogP) is 4.74. The van der Waals surface area contributed by atoms with E-state index in [0.717, 1.165) is 17.1 Å². The number of hydrogen-bond acceptors (Lipinski definition) is 3. The number of ketones is 1. The van der Waals surface area contributed by atoms with Crippen LogP contribution in [0.25, 0.3) is 17.4 Å². The maximum absolute atomic E-state index is 11.9. The fourth-order valence-electron chi connectivity index (χ4n) is 2.01. The summed E-state index contributed by atoms with van der Waals surface area (Å²) in [6.45, 7) is 1.80. The van der Waals surface area contributed by atoms with Crippen molar-refractivity contribution in [1.82, 2.24) is 0 Å². The van der Waals surface area contributed by atoms with E-state index in [2.05, 4.69) is 0 Å². The molecule has 0 bridgehead atoms. The van der Waals surface area contributed by atoms with Gasteiger partial charge < -0.3 is 8.83 Å². The van der Waals surface area contributed by atoms with E-state index in [1.54, 1.807) is 25.1 Å². The van der Waals surface area contributed by atoms with E-state index in [9.17, 15) is 4.79 Å². The molecule has 2 aromatic heterocycles. The summed E-state index contributed by atoms with van der Waals surface area (Å²) in [5.74, 6) is 2.28. The average molecular weight is 278 g/mol. The molecule has 0 amide bonds. The highest BCUT2D eigenvalue weighted by atomic mass is 16.3. The zero-order valence-electron chi connectivity index (χ0n) is 11.6. The van der Waals surface area contributed by atoms with Gasteiger partial charge in [0.05, 0.1) is 0 Å². The van der Waals surface area contributed by atoms with Gasteiger partial charge in [0.15, 0.2) is 5.76 Å². The molecule has 3 nitrogen and oxygen atoms in total. The molecule has 0 aliphatic carbocycles. The van der Waals surface area contributed by atoms with Gasteiger partial charge in [0, 0.05) is 5.56 Å². The topological polar surface area (TPSA) is 43.4 Å². The maximum Gasteiger partial charge on any atom is 0.221 e. The summed E-state index contributed by atoms with van der Waals surface area (Å²) in [7, 11) is 0. The quantitative estimate of drug-likeness (QED) is 0.511. The number of hydrogen-bond donors (Lipinski definition) is 0. The van der Waals surface area contributed by atoms with E-state index in [1.165, 1.54) is 6.08 Å². The van der Waals surface area contributed by atoms with Crippen molar-refractivity contribution in [2.45, 2.75) is 6.92 Å². The van der Waals surface area contributed by atoms with Gasteiger partial charge in [-0.2, -0.15) is 0 Å². The highest BCUT2D eigenvalue weighted by Crippen LogP contribution is 2.22. The van der Waals surface area contributed by atoms with Crippen molar-refractivity contribution >= 4 is 11.9 Å². The van der Waals surface area contributed by atoms with Crippen molar-refractivity contribution < 1.29 is 13.6 Å². The lowest BCUT2D eigenvalue weighted by Gasteiger charge is -1.94. The Kier molecular flexibility index (Phi) is 3.56. The Hall–Kier alpha value is -2.81. The Balaban J connectivity index is 1.75. The first-order chi connectivity index (χ1) is 10.2. The van der Waals surface area contributed by atoms with Crippen LogP contribution < -0.4 is 0 Å². The van der Waals surface area contributed by atoms with Crippen molar-refractivity contribution in [1.29, 1.82) is 0 Å². The molecule has 21 heavy (non-hydrogen) atoms. The number of carbonyl (C=O) groups is 1. The van der Waals surface area contributed by atoms with Crippen LogP contribution in [0.15, 0.2) is 69.5 Å². The largest absolute Gasteiger partial charge is 0.458 e. The van der Waals surface area contributed by atoms with Crippen molar-refractivity contribution in [2.75, 3.05) is 0 Å². The molecule has 3 heteroatoms. The number of aryl methyl sites for hydroxylation is 1. The molecule has 0 N–H and O–H groups in total. The minimum Gasteiger partial charge on any atom is -0.458 e. The van der Waals surface area contributed by atoms with E-state index >= 15 is 0 Å². The van der Waals surface area contributed by atoms with Crippen molar-refractivity contribution in [2.24, 2.45) is 0 Å². The average Bonchev–Trinajstić information content (AvgIpc) is 3.15. The van der Waals surface area contributed by atoms with Gasteiger partial charge in [-0.3, -0.25) is 4.79 Å². The molecular weight excluding hydrogens is 264 g/mol. The molecule has 0 saturated carbocycles. The van der Waals surface area contributed by atoms with Crippen LogP contribution in [0.3, 0.4) is 0 Å². The third-order valence-corrected chi connectivity index (χ3v) is 3.07. The summed E-state index contributed by atoms with van der Waals surface area (Å²) in [4.78, 5) is 11.9. The Morgan fingerprint density at radius 3 is 2.48 bits per heavy atom. The first-order valence-electron chi connectivity index (χ1n) is 6.66. The molecule has 3 rings (SSSR count). The fourth-order valence-corrected chi connectivity index (χ4v) is 2.01. The first-order valence-corrected chi connectivity index (χ1v) is 6.66. The lowest BCUT2D eigenvalue weighted by atomic mass is 10.2. The highest BCUT2D eigenvalue weighted by molar-refractivity contribution is 6.04. The molecule has 0 atom stereocenters. The third kappa shape index (κ3) is 3.03. The van der Waals surface area contributed by atoms with Gasteiger partial charge in [0.2, 0.25) is 5.78 Å². The van der Waals surface area contributed by atoms with Crippen molar-refractivity contribution in [3.05, 3.63) is 78.0 Å². The van der Waals surface area contributed by atoms with E-state index in [0.29, 0.717) is 11.5 Å². The Morgan fingerprint density at radius 1 is 0.952 bits per heavy atom. The summed E-state index contributed by atoms with van der Waals surface area (Å²) in [5, 5.41) is 0. The fraction of sp³-hybridized carbons (Fsp3) is 0.0556. The molecule has 0 aliphatic heterocycles. The Bertz CT molecular complexity index is 776. The second-order valence-corrected chi connectivity index (χ2v) is 4.68. The first kappa shape index (κ1) is 13.2. The molecule has 0 unspecified atom stereocenters. The predicted molar refractivity (Wildman–Crippen MR) is 81.0 cm³/mol. The van der Waals surface area contributed by atoms with Crippen LogP contribution in [0.4, 0.5) is 0 Å². The smallest absolute Gasteiger partial charge is 0.221 e. The second-order valence-electron chi connectivity index (χ2n) is 4.68. The zero-order valence-corrected chi connectivity index (χ0v) is 11.6. The molecule has 2 heterocycles. The van der Waals surface area contributed by atoms with Gasteiger partial charge in [-0.05, 0) is 43.3 Å². The van der Waals surface area contributed by atoms with E-state index in [4.69, 9.17) is 8.83 Å². The SMILES string of the molecule is Cc1ccc(C(=O)/C=C/c2ccc(-c3ccccc3)o2)o1. The summed E-state index contributed by atoms with van der Waals surface area (Å²) in [6, 6.07) is 17.0. The van der Waals surface area contributed by atoms with Crippen LogP contribution >= 0.6 is 0 Å².